The molecule has 0 aliphatic rings. The van der Waals surface area contributed by atoms with Gasteiger partial charge in [-0.15, -0.1) is 0 Å². The first-order chi connectivity index (χ1) is 24.3. The van der Waals surface area contributed by atoms with Gasteiger partial charge in [0.25, 0.3) is 0 Å². The molecule has 0 spiro atoms. The van der Waals surface area contributed by atoms with E-state index in [1.807, 2.05) is 24.3 Å². The zero-order valence-corrected chi connectivity index (χ0v) is 26.7. The fourth-order valence-electron chi connectivity index (χ4n) is 7.47. The highest BCUT2D eigenvalue weighted by Gasteiger charge is 2.19. The molecule has 0 saturated heterocycles. The van der Waals surface area contributed by atoms with Crippen LogP contribution in [0.15, 0.2) is 182 Å². The maximum atomic E-state index is 9.50. The fraction of sp³-hybridized carbons (Fsp3) is 0. The lowest BCUT2D eigenvalue weighted by Crippen LogP contribution is -2.10. The third-order valence-corrected chi connectivity index (χ3v) is 9.67. The molecule has 0 aromatic heterocycles. The number of nitriles is 1. The minimum Gasteiger partial charge on any atom is -0.310 e. The van der Waals surface area contributed by atoms with Crippen molar-refractivity contribution in [3.8, 4) is 28.3 Å². The van der Waals surface area contributed by atoms with Crippen molar-refractivity contribution in [2.45, 2.75) is 0 Å². The molecular formula is C47H30N2. The van der Waals surface area contributed by atoms with Crippen LogP contribution in [-0.4, -0.2) is 0 Å². The first kappa shape index (κ1) is 28.5. The molecule has 0 unspecified atom stereocenters. The average molecular weight is 623 g/mol. The van der Waals surface area contributed by atoms with Gasteiger partial charge in [-0.05, 0) is 102 Å². The van der Waals surface area contributed by atoms with E-state index >= 15 is 0 Å². The highest BCUT2D eigenvalue weighted by molar-refractivity contribution is 6.23. The summed E-state index contributed by atoms with van der Waals surface area (Å²) in [6.45, 7) is 0. The molecule has 0 atom stereocenters. The molecule has 0 aliphatic carbocycles. The van der Waals surface area contributed by atoms with E-state index in [1.165, 1.54) is 65.3 Å². The predicted molar refractivity (Wildman–Crippen MR) is 207 cm³/mol. The van der Waals surface area contributed by atoms with Gasteiger partial charge in [-0.3, -0.25) is 0 Å². The molecule has 0 radical (unpaired) electrons. The van der Waals surface area contributed by atoms with Crippen LogP contribution in [0.4, 0.5) is 17.1 Å². The van der Waals surface area contributed by atoms with Crippen molar-refractivity contribution >= 4 is 60.2 Å². The Morgan fingerprint density at radius 3 is 1.41 bits per heavy atom. The molecular weight excluding hydrogens is 593 g/mol. The van der Waals surface area contributed by atoms with Crippen LogP contribution in [0, 0.1) is 11.3 Å². The Kier molecular flexibility index (Phi) is 6.89. The van der Waals surface area contributed by atoms with Crippen LogP contribution >= 0.6 is 0 Å². The van der Waals surface area contributed by atoms with E-state index in [4.69, 9.17) is 0 Å². The highest BCUT2D eigenvalue weighted by atomic mass is 15.1. The number of hydrogen-bond acceptors (Lipinski definition) is 2. The standard InChI is InChI=1S/C47H30N2/c48-31-32-23-27-36(28-24-32)49(45-22-10-14-34-12-2-4-16-39(34)45)37-29-25-35(26-30-37)46-41-17-5-7-19-43(41)47(44-20-8-6-18-42(44)46)40-21-9-13-33-11-1-3-15-38(33)40/h1-30H. The molecule has 9 rings (SSSR count). The second-order valence-electron chi connectivity index (χ2n) is 12.4. The van der Waals surface area contributed by atoms with E-state index in [0.29, 0.717) is 5.56 Å². The molecule has 9 aromatic carbocycles. The minimum absolute atomic E-state index is 0.641. The van der Waals surface area contributed by atoms with Crippen molar-refractivity contribution < 1.29 is 0 Å². The molecule has 9 aromatic rings. The topological polar surface area (TPSA) is 27.0 Å². The van der Waals surface area contributed by atoms with Gasteiger partial charge in [-0.25, -0.2) is 0 Å². The molecule has 2 heteroatoms. The van der Waals surface area contributed by atoms with E-state index < -0.39 is 0 Å². The Hall–Kier alpha value is -6.69. The molecule has 228 valence electrons. The third-order valence-electron chi connectivity index (χ3n) is 9.67. The zero-order valence-electron chi connectivity index (χ0n) is 26.7. The van der Waals surface area contributed by atoms with Crippen molar-refractivity contribution in [2.75, 3.05) is 4.90 Å². The summed E-state index contributed by atoms with van der Waals surface area (Å²) in [5.74, 6) is 0. The monoisotopic (exact) mass is 622 g/mol. The van der Waals surface area contributed by atoms with E-state index in [0.717, 1.165) is 17.1 Å². The highest BCUT2D eigenvalue weighted by Crippen LogP contribution is 2.46. The maximum Gasteiger partial charge on any atom is 0.0991 e. The Bertz CT molecular complexity index is 2650. The minimum atomic E-state index is 0.641. The van der Waals surface area contributed by atoms with Gasteiger partial charge in [-0.1, -0.05) is 140 Å². The molecule has 0 fully saturated rings. The summed E-state index contributed by atoms with van der Waals surface area (Å²) in [5, 5.41) is 19.3. The molecule has 0 heterocycles. The molecule has 0 amide bonds. The van der Waals surface area contributed by atoms with Crippen molar-refractivity contribution in [3.63, 3.8) is 0 Å². The molecule has 0 bridgehead atoms. The quantitative estimate of drug-likeness (QED) is 0.179. The Labute approximate surface area is 285 Å². The number of fused-ring (bicyclic) bond motifs is 4. The number of benzene rings is 9. The average Bonchev–Trinajstić information content (AvgIpc) is 3.17. The van der Waals surface area contributed by atoms with Gasteiger partial charge in [0.05, 0.1) is 17.3 Å². The normalized spacial score (nSPS) is 11.2. The van der Waals surface area contributed by atoms with E-state index in [9.17, 15) is 5.26 Å². The van der Waals surface area contributed by atoms with Crippen LogP contribution in [0.25, 0.3) is 65.3 Å². The lowest BCUT2D eigenvalue weighted by Gasteiger charge is -2.27. The van der Waals surface area contributed by atoms with E-state index in [2.05, 4.69) is 169 Å². The van der Waals surface area contributed by atoms with E-state index in [-0.39, 0.29) is 0 Å². The smallest absolute Gasteiger partial charge is 0.0991 e. The SMILES string of the molecule is N#Cc1ccc(N(c2ccc(-c3c4ccccc4c(-c4cccc5ccccc45)c4ccccc34)cc2)c2cccc3ccccc23)cc1. The number of hydrogen-bond donors (Lipinski definition) is 0. The summed E-state index contributed by atoms with van der Waals surface area (Å²) in [6.07, 6.45) is 0. The van der Waals surface area contributed by atoms with E-state index in [1.54, 1.807) is 0 Å². The summed E-state index contributed by atoms with van der Waals surface area (Å²) in [5.41, 5.74) is 8.69. The third kappa shape index (κ3) is 4.80. The zero-order chi connectivity index (χ0) is 32.7. The van der Waals surface area contributed by atoms with Crippen molar-refractivity contribution in [1.29, 1.82) is 5.26 Å². The Balaban J connectivity index is 1.25. The molecule has 0 aliphatic heterocycles. The van der Waals surface area contributed by atoms with Crippen molar-refractivity contribution in [3.05, 3.63) is 188 Å². The predicted octanol–water partition coefficient (Wildman–Crippen LogP) is 13.0. The van der Waals surface area contributed by atoms with Gasteiger partial charge in [0.1, 0.15) is 0 Å². The number of nitrogens with zero attached hydrogens (tertiary/aromatic N) is 2. The molecule has 0 N–H and O–H groups in total. The van der Waals surface area contributed by atoms with Gasteiger partial charge in [0.15, 0.2) is 0 Å². The second-order valence-corrected chi connectivity index (χ2v) is 12.4. The Morgan fingerprint density at radius 2 is 0.816 bits per heavy atom. The van der Waals surface area contributed by atoms with Gasteiger partial charge in [0.2, 0.25) is 0 Å². The summed E-state index contributed by atoms with van der Waals surface area (Å²) in [4.78, 5) is 2.28. The first-order valence-electron chi connectivity index (χ1n) is 16.6. The lowest BCUT2D eigenvalue weighted by molar-refractivity contribution is 1.29. The van der Waals surface area contributed by atoms with Gasteiger partial charge in [0, 0.05) is 16.8 Å². The van der Waals surface area contributed by atoms with Crippen molar-refractivity contribution in [1.82, 2.24) is 0 Å². The summed E-state index contributed by atoms with van der Waals surface area (Å²) in [7, 11) is 0. The molecule has 0 saturated carbocycles. The second kappa shape index (κ2) is 11.8. The van der Waals surface area contributed by atoms with Gasteiger partial charge >= 0.3 is 0 Å². The summed E-state index contributed by atoms with van der Waals surface area (Å²) < 4.78 is 0. The van der Waals surface area contributed by atoms with Crippen LogP contribution in [0.2, 0.25) is 0 Å². The lowest BCUT2D eigenvalue weighted by atomic mass is 9.85. The van der Waals surface area contributed by atoms with Crippen LogP contribution < -0.4 is 4.90 Å². The maximum absolute atomic E-state index is 9.50. The summed E-state index contributed by atoms with van der Waals surface area (Å²) in [6, 6.07) is 66.9. The summed E-state index contributed by atoms with van der Waals surface area (Å²) >= 11 is 0. The number of rotatable bonds is 5. The van der Waals surface area contributed by atoms with Crippen molar-refractivity contribution in [2.24, 2.45) is 0 Å². The number of anilines is 3. The van der Waals surface area contributed by atoms with Crippen LogP contribution in [0.5, 0.6) is 0 Å². The largest absolute Gasteiger partial charge is 0.310 e. The van der Waals surface area contributed by atoms with Gasteiger partial charge in [-0.2, -0.15) is 5.26 Å². The van der Waals surface area contributed by atoms with Crippen LogP contribution in [0.3, 0.4) is 0 Å². The molecule has 2 nitrogen and oxygen atoms in total. The first-order valence-corrected chi connectivity index (χ1v) is 16.6. The van der Waals surface area contributed by atoms with Gasteiger partial charge < -0.3 is 4.90 Å². The molecule has 49 heavy (non-hydrogen) atoms. The Morgan fingerprint density at radius 1 is 0.367 bits per heavy atom. The van der Waals surface area contributed by atoms with Crippen LogP contribution in [-0.2, 0) is 0 Å². The van der Waals surface area contributed by atoms with Crippen LogP contribution in [0.1, 0.15) is 5.56 Å². The fourth-order valence-corrected chi connectivity index (χ4v) is 7.47.